The fraction of sp³-hybridized carbons (Fsp3) is 0.200. The van der Waals surface area contributed by atoms with Gasteiger partial charge in [0.2, 0.25) is 0 Å². The normalized spacial score (nSPS) is 12.4. The first-order valence-corrected chi connectivity index (χ1v) is 7.22. The van der Waals surface area contributed by atoms with E-state index in [-0.39, 0.29) is 11.9 Å². The van der Waals surface area contributed by atoms with Gasteiger partial charge in [-0.25, -0.2) is 4.39 Å². The van der Waals surface area contributed by atoms with Crippen molar-refractivity contribution < 1.29 is 4.39 Å². The molecule has 2 aromatic carbocycles. The Hall–Kier alpha value is -0.800. The van der Waals surface area contributed by atoms with Gasteiger partial charge in [-0.05, 0) is 37.7 Å². The zero-order valence-corrected chi connectivity index (χ0v) is 13.0. The van der Waals surface area contributed by atoms with Crippen molar-refractivity contribution in [3.8, 4) is 0 Å². The lowest BCUT2D eigenvalue weighted by atomic mass is 9.98. The molecular formula is C15H13Cl3FN. The van der Waals surface area contributed by atoms with Crippen LogP contribution in [0.3, 0.4) is 0 Å². The fourth-order valence-electron chi connectivity index (χ4n) is 2.12. The summed E-state index contributed by atoms with van der Waals surface area (Å²) in [6, 6.07) is 9.72. The molecule has 0 amide bonds. The van der Waals surface area contributed by atoms with Crippen LogP contribution >= 0.6 is 34.8 Å². The molecule has 2 rings (SSSR count). The van der Waals surface area contributed by atoms with Gasteiger partial charge in [0.05, 0.1) is 0 Å². The zero-order valence-electron chi connectivity index (χ0n) is 10.8. The first-order chi connectivity index (χ1) is 9.54. The standard InChI is InChI=1S/C15H13Cl3FN/c1-20-14(15-11(17)5-2-6-12(15)18)8-9-10(16)4-3-7-13(9)19/h2-7,14,20H,8H2,1H3. The summed E-state index contributed by atoms with van der Waals surface area (Å²) < 4.78 is 13.9. The molecule has 0 saturated carbocycles. The fourth-order valence-corrected chi connectivity index (χ4v) is 3.02. The van der Waals surface area contributed by atoms with Crippen molar-refractivity contribution in [1.29, 1.82) is 0 Å². The Morgan fingerprint density at radius 2 is 1.55 bits per heavy atom. The van der Waals surface area contributed by atoms with E-state index in [0.29, 0.717) is 27.1 Å². The molecule has 0 bridgehead atoms. The molecule has 0 saturated heterocycles. The predicted molar refractivity (Wildman–Crippen MR) is 83.4 cm³/mol. The van der Waals surface area contributed by atoms with Crippen LogP contribution in [0, 0.1) is 5.82 Å². The minimum absolute atomic E-state index is 0.217. The van der Waals surface area contributed by atoms with Crippen LogP contribution in [0.4, 0.5) is 4.39 Å². The SMILES string of the molecule is CNC(Cc1c(F)cccc1Cl)c1c(Cl)cccc1Cl. The first kappa shape index (κ1) is 15.6. The summed E-state index contributed by atoms with van der Waals surface area (Å²) in [6.07, 6.45) is 0.367. The van der Waals surface area contributed by atoms with Gasteiger partial charge in [0, 0.05) is 32.2 Å². The number of rotatable bonds is 4. The molecule has 0 aliphatic heterocycles. The maximum Gasteiger partial charge on any atom is 0.127 e. The van der Waals surface area contributed by atoms with Crippen molar-refractivity contribution >= 4 is 34.8 Å². The van der Waals surface area contributed by atoms with Gasteiger partial charge >= 0.3 is 0 Å². The van der Waals surface area contributed by atoms with Crippen molar-refractivity contribution in [2.75, 3.05) is 7.05 Å². The van der Waals surface area contributed by atoms with E-state index in [1.165, 1.54) is 6.07 Å². The Balaban J connectivity index is 2.39. The molecule has 0 radical (unpaired) electrons. The monoisotopic (exact) mass is 331 g/mol. The molecule has 5 heteroatoms. The predicted octanol–water partition coefficient (Wildman–Crippen LogP) is 5.29. The topological polar surface area (TPSA) is 12.0 Å². The number of hydrogen-bond donors (Lipinski definition) is 1. The lowest BCUT2D eigenvalue weighted by Crippen LogP contribution is -2.20. The van der Waals surface area contributed by atoms with E-state index in [0.717, 1.165) is 5.56 Å². The maximum absolute atomic E-state index is 13.9. The Morgan fingerprint density at radius 3 is 2.10 bits per heavy atom. The van der Waals surface area contributed by atoms with Crippen LogP contribution < -0.4 is 5.32 Å². The van der Waals surface area contributed by atoms with Gasteiger partial charge < -0.3 is 5.32 Å². The van der Waals surface area contributed by atoms with E-state index in [4.69, 9.17) is 34.8 Å². The van der Waals surface area contributed by atoms with Gasteiger partial charge in [-0.2, -0.15) is 0 Å². The molecule has 1 atom stereocenters. The summed E-state index contributed by atoms with van der Waals surface area (Å²) in [7, 11) is 1.78. The van der Waals surface area contributed by atoms with Crippen molar-refractivity contribution in [2.45, 2.75) is 12.5 Å². The van der Waals surface area contributed by atoms with Crippen LogP contribution in [0.25, 0.3) is 0 Å². The number of nitrogens with one attached hydrogen (secondary N) is 1. The second-order valence-corrected chi connectivity index (χ2v) is 5.60. The van der Waals surface area contributed by atoms with Crippen LogP contribution in [-0.2, 0) is 6.42 Å². The molecule has 1 unspecified atom stereocenters. The summed E-state index contributed by atoms with van der Waals surface area (Å²) in [5.41, 5.74) is 1.20. The lowest BCUT2D eigenvalue weighted by Gasteiger charge is -2.20. The molecule has 0 fully saturated rings. The van der Waals surface area contributed by atoms with E-state index in [9.17, 15) is 4.39 Å². The minimum atomic E-state index is -0.332. The summed E-state index contributed by atoms with van der Waals surface area (Å²) in [5.74, 6) is -0.332. The van der Waals surface area contributed by atoms with Gasteiger partial charge in [0.25, 0.3) is 0 Å². The Kier molecular flexibility index (Phi) is 5.28. The van der Waals surface area contributed by atoms with Gasteiger partial charge in [0.15, 0.2) is 0 Å². The largest absolute Gasteiger partial charge is 0.313 e. The molecule has 20 heavy (non-hydrogen) atoms. The number of halogens is 4. The third-order valence-corrected chi connectivity index (χ3v) is 4.18. The maximum atomic E-state index is 13.9. The second kappa shape index (κ2) is 6.77. The Morgan fingerprint density at radius 1 is 1.00 bits per heavy atom. The molecular weight excluding hydrogens is 320 g/mol. The van der Waals surface area contributed by atoms with Crippen LogP contribution in [0.5, 0.6) is 0 Å². The van der Waals surface area contributed by atoms with E-state index in [2.05, 4.69) is 5.32 Å². The molecule has 1 N–H and O–H groups in total. The highest BCUT2D eigenvalue weighted by Crippen LogP contribution is 2.33. The van der Waals surface area contributed by atoms with Crippen molar-refractivity contribution in [3.63, 3.8) is 0 Å². The van der Waals surface area contributed by atoms with Crippen LogP contribution in [0.1, 0.15) is 17.2 Å². The summed E-state index contributed by atoms with van der Waals surface area (Å²) in [4.78, 5) is 0. The van der Waals surface area contributed by atoms with E-state index in [1.807, 2.05) is 0 Å². The van der Waals surface area contributed by atoms with E-state index >= 15 is 0 Å². The van der Waals surface area contributed by atoms with Crippen LogP contribution in [-0.4, -0.2) is 7.05 Å². The molecule has 2 aromatic rings. The third kappa shape index (κ3) is 3.26. The smallest absolute Gasteiger partial charge is 0.127 e. The van der Waals surface area contributed by atoms with Gasteiger partial charge in [-0.3, -0.25) is 0 Å². The molecule has 0 aromatic heterocycles. The van der Waals surface area contributed by atoms with E-state index in [1.54, 1.807) is 37.4 Å². The molecule has 0 spiro atoms. The molecule has 106 valence electrons. The van der Waals surface area contributed by atoms with Gasteiger partial charge in [-0.1, -0.05) is 46.9 Å². The van der Waals surface area contributed by atoms with E-state index < -0.39 is 0 Å². The van der Waals surface area contributed by atoms with Crippen LogP contribution in [0.15, 0.2) is 36.4 Å². The summed E-state index contributed by atoms with van der Waals surface area (Å²) in [5, 5.41) is 4.60. The first-order valence-electron chi connectivity index (χ1n) is 6.08. The molecule has 1 nitrogen and oxygen atoms in total. The van der Waals surface area contributed by atoms with Gasteiger partial charge in [-0.15, -0.1) is 0 Å². The molecule has 0 aliphatic rings. The highest BCUT2D eigenvalue weighted by atomic mass is 35.5. The van der Waals surface area contributed by atoms with Crippen molar-refractivity contribution in [3.05, 3.63) is 68.4 Å². The molecule has 0 aliphatic carbocycles. The Labute approximate surface area is 132 Å². The number of likely N-dealkylation sites (N-methyl/N-ethyl adjacent to an activating group) is 1. The van der Waals surface area contributed by atoms with Crippen molar-refractivity contribution in [2.24, 2.45) is 0 Å². The highest BCUT2D eigenvalue weighted by molar-refractivity contribution is 6.36. The Bertz CT molecular complexity index is 576. The third-order valence-electron chi connectivity index (χ3n) is 3.17. The average molecular weight is 333 g/mol. The highest BCUT2D eigenvalue weighted by Gasteiger charge is 2.19. The summed E-state index contributed by atoms with van der Waals surface area (Å²) in [6.45, 7) is 0. The zero-order chi connectivity index (χ0) is 14.7. The quantitative estimate of drug-likeness (QED) is 0.802. The number of benzene rings is 2. The number of hydrogen-bond acceptors (Lipinski definition) is 1. The minimum Gasteiger partial charge on any atom is -0.313 e. The lowest BCUT2D eigenvalue weighted by molar-refractivity contribution is 0.555. The van der Waals surface area contributed by atoms with Gasteiger partial charge in [0.1, 0.15) is 5.82 Å². The van der Waals surface area contributed by atoms with Crippen molar-refractivity contribution in [1.82, 2.24) is 5.32 Å². The van der Waals surface area contributed by atoms with Crippen LogP contribution in [0.2, 0.25) is 15.1 Å². The second-order valence-electron chi connectivity index (χ2n) is 4.38. The summed E-state index contributed by atoms with van der Waals surface area (Å²) >= 11 is 18.5. The molecule has 0 heterocycles. The average Bonchev–Trinajstić information content (AvgIpc) is 2.40.